The number of aliphatic hydroxyl groups excluding tert-OH is 1. The number of halogens is 1. The minimum atomic E-state index is -3.64. The lowest BCUT2D eigenvalue weighted by atomic mass is 10.3. The van der Waals surface area contributed by atoms with Crippen molar-refractivity contribution in [2.75, 3.05) is 37.5 Å². The Morgan fingerprint density at radius 2 is 2.00 bits per heavy atom. The van der Waals surface area contributed by atoms with Crippen molar-refractivity contribution in [3.05, 3.63) is 34.9 Å². The number of sulfonamides is 1. The molecule has 0 fully saturated rings. The van der Waals surface area contributed by atoms with E-state index in [2.05, 4.69) is 41.3 Å². The molecule has 0 aliphatic carbocycles. The van der Waals surface area contributed by atoms with Gasteiger partial charge >= 0.3 is 0 Å². The van der Waals surface area contributed by atoms with Crippen LogP contribution in [0.4, 0.5) is 17.5 Å². The average molecular weight is 460 g/mol. The summed E-state index contributed by atoms with van der Waals surface area (Å²) in [6, 6.07) is 6.20. The summed E-state index contributed by atoms with van der Waals surface area (Å²) in [6.07, 6.45) is 1.62. The summed E-state index contributed by atoms with van der Waals surface area (Å²) >= 11 is 3.40. The Morgan fingerprint density at radius 1 is 1.30 bits per heavy atom. The highest BCUT2D eigenvalue weighted by atomic mass is 79.9. The molecule has 0 aliphatic rings. The minimum Gasteiger partial charge on any atom is -0.395 e. The molecule has 1 atom stereocenters. The molecule has 0 aliphatic heterocycles. The van der Waals surface area contributed by atoms with Gasteiger partial charge in [0.05, 0.1) is 22.6 Å². The van der Waals surface area contributed by atoms with E-state index in [1.54, 1.807) is 25.4 Å². The van der Waals surface area contributed by atoms with E-state index in [9.17, 15) is 8.42 Å². The molecule has 0 unspecified atom stereocenters. The zero-order valence-electron chi connectivity index (χ0n) is 14.9. The molecule has 0 saturated carbocycles. The van der Waals surface area contributed by atoms with Crippen LogP contribution in [0.25, 0.3) is 0 Å². The number of rotatable bonds is 10. The van der Waals surface area contributed by atoms with Crippen molar-refractivity contribution in [3.63, 3.8) is 0 Å². The number of nitrogens with zero attached hydrogens (tertiary/aromatic N) is 2. The van der Waals surface area contributed by atoms with Gasteiger partial charge in [-0.25, -0.2) is 18.1 Å². The first-order chi connectivity index (χ1) is 12.9. The molecule has 0 amide bonds. The highest BCUT2D eigenvalue weighted by molar-refractivity contribution is 9.10. The summed E-state index contributed by atoms with van der Waals surface area (Å²) in [5.74, 6) is 0.976. The number of methoxy groups -OCH3 is 1. The zero-order chi connectivity index (χ0) is 19.9. The van der Waals surface area contributed by atoms with Crippen LogP contribution in [-0.4, -0.2) is 56.4 Å². The van der Waals surface area contributed by atoms with E-state index in [1.807, 2.05) is 6.92 Å². The van der Waals surface area contributed by atoms with Gasteiger partial charge in [0.15, 0.2) is 0 Å². The lowest BCUT2D eigenvalue weighted by Gasteiger charge is -2.15. The maximum atomic E-state index is 12.0. The quantitative estimate of drug-likeness (QED) is 0.422. The number of anilines is 3. The maximum absolute atomic E-state index is 12.0. The van der Waals surface area contributed by atoms with Crippen LogP contribution < -0.4 is 15.4 Å². The van der Waals surface area contributed by atoms with E-state index < -0.39 is 10.0 Å². The first-order valence-corrected chi connectivity index (χ1v) is 10.4. The average Bonchev–Trinajstić information content (AvgIpc) is 2.63. The molecule has 1 heterocycles. The first kappa shape index (κ1) is 21.5. The lowest BCUT2D eigenvalue weighted by molar-refractivity contribution is 0.190. The number of benzene rings is 1. The Labute approximate surface area is 166 Å². The van der Waals surface area contributed by atoms with Crippen molar-refractivity contribution in [3.8, 4) is 0 Å². The number of aliphatic hydroxyl groups is 1. The summed E-state index contributed by atoms with van der Waals surface area (Å²) in [6.45, 7) is 2.19. The largest absolute Gasteiger partial charge is 0.395 e. The van der Waals surface area contributed by atoms with Crippen LogP contribution in [0.2, 0.25) is 0 Å². The van der Waals surface area contributed by atoms with Crippen molar-refractivity contribution in [2.45, 2.75) is 17.9 Å². The third-order valence-electron chi connectivity index (χ3n) is 3.37. The van der Waals surface area contributed by atoms with Crippen molar-refractivity contribution in [1.82, 2.24) is 14.7 Å². The fraction of sp³-hybridized carbons (Fsp3) is 0.375. The summed E-state index contributed by atoms with van der Waals surface area (Å²) in [7, 11) is -2.01. The van der Waals surface area contributed by atoms with E-state index in [0.717, 1.165) is 0 Å². The van der Waals surface area contributed by atoms with E-state index in [-0.39, 0.29) is 24.1 Å². The first-order valence-electron chi connectivity index (χ1n) is 8.11. The molecule has 148 valence electrons. The maximum Gasteiger partial charge on any atom is 0.240 e. The normalized spacial score (nSPS) is 12.6. The topological polar surface area (TPSA) is 125 Å². The Morgan fingerprint density at radius 3 is 2.63 bits per heavy atom. The standard InChI is InChI=1S/C16H22BrN5O4S/c1-11(10-26-2)20-15-14(17)9-18-16(22-15)21-12-3-5-13(6-4-12)27(24,25)19-7-8-23/h3-6,9,11,19,23H,7-8,10H2,1-2H3,(H2,18,20,21,22)/t11-/m0/s1. The number of ether oxygens (including phenoxy) is 1. The summed E-state index contributed by atoms with van der Waals surface area (Å²) in [5.41, 5.74) is 0.634. The summed E-state index contributed by atoms with van der Waals surface area (Å²) in [5, 5.41) is 15.0. The molecule has 27 heavy (non-hydrogen) atoms. The lowest BCUT2D eigenvalue weighted by Crippen LogP contribution is -2.26. The minimum absolute atomic E-state index is 0.0354. The van der Waals surface area contributed by atoms with Crippen LogP contribution in [0.5, 0.6) is 0 Å². The second-order valence-electron chi connectivity index (χ2n) is 5.66. The van der Waals surface area contributed by atoms with Gasteiger partial charge in [-0.05, 0) is 47.1 Å². The highest BCUT2D eigenvalue weighted by Gasteiger charge is 2.13. The molecule has 4 N–H and O–H groups in total. The van der Waals surface area contributed by atoms with Crippen LogP contribution in [0, 0.1) is 0 Å². The molecule has 0 radical (unpaired) electrons. The van der Waals surface area contributed by atoms with Gasteiger partial charge in [-0.2, -0.15) is 4.98 Å². The van der Waals surface area contributed by atoms with Gasteiger partial charge in [-0.3, -0.25) is 0 Å². The molecule has 2 rings (SSSR count). The predicted octanol–water partition coefficient (Wildman–Crippen LogP) is 1.70. The Hall–Kier alpha value is -1.79. The third-order valence-corrected chi connectivity index (χ3v) is 5.43. The summed E-state index contributed by atoms with van der Waals surface area (Å²) < 4.78 is 32.1. The fourth-order valence-electron chi connectivity index (χ4n) is 2.16. The SMILES string of the molecule is COC[C@H](C)Nc1nc(Nc2ccc(S(=O)(=O)NCCO)cc2)ncc1Br. The molecule has 9 nitrogen and oxygen atoms in total. The van der Waals surface area contributed by atoms with Gasteiger partial charge in [0.2, 0.25) is 16.0 Å². The van der Waals surface area contributed by atoms with Crippen LogP contribution in [0.15, 0.2) is 39.8 Å². The highest BCUT2D eigenvalue weighted by Crippen LogP contribution is 2.23. The molecule has 11 heteroatoms. The summed E-state index contributed by atoms with van der Waals surface area (Å²) in [4.78, 5) is 8.71. The predicted molar refractivity (Wildman–Crippen MR) is 107 cm³/mol. The molecular formula is C16H22BrN5O4S. The van der Waals surface area contributed by atoms with E-state index in [1.165, 1.54) is 12.1 Å². The van der Waals surface area contributed by atoms with Gasteiger partial charge in [0.25, 0.3) is 0 Å². The van der Waals surface area contributed by atoms with E-state index >= 15 is 0 Å². The molecule has 0 spiro atoms. The fourth-order valence-corrected chi connectivity index (χ4v) is 3.49. The monoisotopic (exact) mass is 459 g/mol. The molecular weight excluding hydrogens is 438 g/mol. The van der Waals surface area contributed by atoms with Gasteiger partial charge in [-0.1, -0.05) is 0 Å². The molecule has 1 aromatic heterocycles. The van der Waals surface area contributed by atoms with Crippen molar-refractivity contribution < 1.29 is 18.3 Å². The number of hydrogen-bond donors (Lipinski definition) is 4. The van der Waals surface area contributed by atoms with Crippen LogP contribution >= 0.6 is 15.9 Å². The van der Waals surface area contributed by atoms with Gasteiger partial charge in [0, 0.05) is 31.6 Å². The Balaban J connectivity index is 2.11. The van der Waals surface area contributed by atoms with Crippen LogP contribution in [0.3, 0.4) is 0 Å². The second kappa shape index (κ2) is 9.95. The van der Waals surface area contributed by atoms with Gasteiger partial charge in [0.1, 0.15) is 5.82 Å². The molecule has 0 saturated heterocycles. The third kappa shape index (κ3) is 6.40. The zero-order valence-corrected chi connectivity index (χ0v) is 17.3. The van der Waals surface area contributed by atoms with Crippen molar-refractivity contribution >= 4 is 43.4 Å². The number of aromatic nitrogens is 2. The smallest absolute Gasteiger partial charge is 0.240 e. The van der Waals surface area contributed by atoms with Crippen LogP contribution in [-0.2, 0) is 14.8 Å². The van der Waals surface area contributed by atoms with Gasteiger partial charge < -0.3 is 20.5 Å². The van der Waals surface area contributed by atoms with Crippen molar-refractivity contribution in [2.24, 2.45) is 0 Å². The van der Waals surface area contributed by atoms with E-state index in [4.69, 9.17) is 9.84 Å². The molecule has 1 aromatic carbocycles. The molecule has 0 bridgehead atoms. The van der Waals surface area contributed by atoms with Crippen LogP contribution in [0.1, 0.15) is 6.92 Å². The number of nitrogens with one attached hydrogen (secondary N) is 3. The van der Waals surface area contributed by atoms with Gasteiger partial charge in [-0.15, -0.1) is 0 Å². The Kier molecular flexibility index (Phi) is 7.92. The number of hydrogen-bond acceptors (Lipinski definition) is 8. The second-order valence-corrected chi connectivity index (χ2v) is 8.28. The molecule has 2 aromatic rings. The Bertz CT molecular complexity index is 848. The van der Waals surface area contributed by atoms with E-state index in [0.29, 0.717) is 28.5 Å². The van der Waals surface area contributed by atoms with Crippen molar-refractivity contribution in [1.29, 1.82) is 0 Å².